The summed E-state index contributed by atoms with van der Waals surface area (Å²) in [6.45, 7) is 14.0. The Morgan fingerprint density at radius 1 is 1.57 bits per heavy atom. The fraction of sp³-hybridized carbons (Fsp3) is 0.833. The monoisotopic (exact) mass is 196 g/mol. The van der Waals surface area contributed by atoms with Gasteiger partial charge in [0.15, 0.2) is 0 Å². The van der Waals surface area contributed by atoms with Gasteiger partial charge in [-0.25, -0.2) is 0 Å². The summed E-state index contributed by atoms with van der Waals surface area (Å²) in [6.07, 6.45) is 2.56. The molecular formula is C12H24N2. The largest absolute Gasteiger partial charge is 0.311 e. The van der Waals surface area contributed by atoms with Crippen LogP contribution in [0.15, 0.2) is 12.2 Å². The molecule has 0 bridgehead atoms. The Kier molecular flexibility index (Phi) is 4.63. The SMILES string of the molecule is C=C(C)CN1CC(CCC)NCC1C. The van der Waals surface area contributed by atoms with Crippen molar-refractivity contribution in [2.24, 2.45) is 0 Å². The first-order valence-electron chi connectivity index (χ1n) is 5.75. The van der Waals surface area contributed by atoms with Crippen molar-refractivity contribution in [2.75, 3.05) is 19.6 Å². The van der Waals surface area contributed by atoms with Crippen LogP contribution in [0.25, 0.3) is 0 Å². The van der Waals surface area contributed by atoms with Gasteiger partial charge in [0.1, 0.15) is 0 Å². The van der Waals surface area contributed by atoms with Gasteiger partial charge in [0.2, 0.25) is 0 Å². The predicted octanol–water partition coefficient (Wildman–Crippen LogP) is 2.02. The van der Waals surface area contributed by atoms with Crippen molar-refractivity contribution in [3.05, 3.63) is 12.2 Å². The van der Waals surface area contributed by atoms with Gasteiger partial charge >= 0.3 is 0 Å². The third-order valence-corrected chi connectivity index (χ3v) is 2.89. The highest BCUT2D eigenvalue weighted by Crippen LogP contribution is 2.11. The maximum Gasteiger partial charge on any atom is 0.0196 e. The van der Waals surface area contributed by atoms with Crippen molar-refractivity contribution >= 4 is 0 Å². The van der Waals surface area contributed by atoms with E-state index in [4.69, 9.17) is 0 Å². The van der Waals surface area contributed by atoms with Crippen LogP contribution >= 0.6 is 0 Å². The minimum atomic E-state index is 0.653. The average molecular weight is 196 g/mol. The van der Waals surface area contributed by atoms with Gasteiger partial charge < -0.3 is 5.32 Å². The number of nitrogens with one attached hydrogen (secondary N) is 1. The first kappa shape index (κ1) is 11.7. The second kappa shape index (κ2) is 5.52. The molecule has 2 unspecified atom stereocenters. The first-order chi connectivity index (χ1) is 6.63. The van der Waals surface area contributed by atoms with E-state index in [1.807, 2.05) is 0 Å². The first-order valence-corrected chi connectivity index (χ1v) is 5.75. The quantitative estimate of drug-likeness (QED) is 0.692. The molecule has 1 aliphatic heterocycles. The van der Waals surface area contributed by atoms with Gasteiger partial charge in [-0.15, -0.1) is 0 Å². The zero-order valence-corrected chi connectivity index (χ0v) is 9.84. The lowest BCUT2D eigenvalue weighted by Crippen LogP contribution is -2.55. The lowest BCUT2D eigenvalue weighted by molar-refractivity contribution is 0.149. The predicted molar refractivity (Wildman–Crippen MR) is 62.5 cm³/mol. The summed E-state index contributed by atoms with van der Waals surface area (Å²) in [5.74, 6) is 0. The van der Waals surface area contributed by atoms with Gasteiger partial charge in [0.05, 0.1) is 0 Å². The van der Waals surface area contributed by atoms with E-state index in [1.54, 1.807) is 0 Å². The number of hydrogen-bond acceptors (Lipinski definition) is 2. The van der Waals surface area contributed by atoms with Gasteiger partial charge in [-0.1, -0.05) is 25.5 Å². The van der Waals surface area contributed by atoms with E-state index in [9.17, 15) is 0 Å². The topological polar surface area (TPSA) is 15.3 Å². The Hall–Kier alpha value is -0.340. The summed E-state index contributed by atoms with van der Waals surface area (Å²) < 4.78 is 0. The van der Waals surface area contributed by atoms with Crippen LogP contribution in [0.5, 0.6) is 0 Å². The lowest BCUT2D eigenvalue weighted by Gasteiger charge is -2.39. The average Bonchev–Trinajstić information content (AvgIpc) is 2.10. The molecule has 0 spiro atoms. The Morgan fingerprint density at radius 2 is 2.29 bits per heavy atom. The molecule has 0 aromatic rings. The van der Waals surface area contributed by atoms with Crippen LogP contribution in [0, 0.1) is 0 Å². The number of rotatable bonds is 4. The molecule has 1 aliphatic rings. The zero-order chi connectivity index (χ0) is 10.6. The normalized spacial score (nSPS) is 29.1. The maximum atomic E-state index is 3.99. The van der Waals surface area contributed by atoms with E-state index in [0.717, 1.165) is 13.1 Å². The molecule has 0 amide bonds. The van der Waals surface area contributed by atoms with Crippen LogP contribution in [0.2, 0.25) is 0 Å². The number of hydrogen-bond donors (Lipinski definition) is 1. The maximum absolute atomic E-state index is 3.99. The van der Waals surface area contributed by atoms with Crippen LogP contribution in [-0.2, 0) is 0 Å². The molecule has 0 aliphatic carbocycles. The van der Waals surface area contributed by atoms with E-state index in [1.165, 1.54) is 25.0 Å². The Bertz CT molecular complexity index is 189. The minimum absolute atomic E-state index is 0.653. The molecule has 1 fully saturated rings. The van der Waals surface area contributed by atoms with Crippen molar-refractivity contribution < 1.29 is 0 Å². The molecule has 1 heterocycles. The molecule has 2 atom stereocenters. The van der Waals surface area contributed by atoms with Crippen molar-refractivity contribution in [2.45, 2.75) is 45.7 Å². The smallest absolute Gasteiger partial charge is 0.0196 e. The molecule has 1 rings (SSSR count). The Labute approximate surface area is 88.4 Å². The molecule has 82 valence electrons. The van der Waals surface area contributed by atoms with Gasteiger partial charge in [0, 0.05) is 31.7 Å². The fourth-order valence-electron chi connectivity index (χ4n) is 2.10. The third kappa shape index (κ3) is 3.43. The highest BCUT2D eigenvalue weighted by molar-refractivity contribution is 4.96. The number of nitrogens with zero attached hydrogens (tertiary/aromatic N) is 1. The second-order valence-electron chi connectivity index (χ2n) is 4.63. The van der Waals surface area contributed by atoms with E-state index in [2.05, 4.69) is 37.6 Å². The summed E-state index contributed by atoms with van der Waals surface area (Å²) >= 11 is 0. The zero-order valence-electron chi connectivity index (χ0n) is 9.84. The molecule has 2 nitrogen and oxygen atoms in total. The van der Waals surface area contributed by atoms with Crippen molar-refractivity contribution in [3.63, 3.8) is 0 Å². The van der Waals surface area contributed by atoms with E-state index >= 15 is 0 Å². The Balaban J connectivity index is 2.42. The highest BCUT2D eigenvalue weighted by Gasteiger charge is 2.23. The molecular weight excluding hydrogens is 172 g/mol. The Morgan fingerprint density at radius 3 is 2.86 bits per heavy atom. The molecule has 0 aromatic heterocycles. The highest BCUT2D eigenvalue weighted by atomic mass is 15.2. The fourth-order valence-corrected chi connectivity index (χ4v) is 2.10. The van der Waals surface area contributed by atoms with Gasteiger partial charge in [-0.2, -0.15) is 0 Å². The molecule has 2 heteroatoms. The van der Waals surface area contributed by atoms with Crippen LogP contribution in [0.1, 0.15) is 33.6 Å². The van der Waals surface area contributed by atoms with Gasteiger partial charge in [-0.3, -0.25) is 4.90 Å². The minimum Gasteiger partial charge on any atom is -0.311 e. The molecule has 1 saturated heterocycles. The van der Waals surface area contributed by atoms with Crippen molar-refractivity contribution in [3.8, 4) is 0 Å². The van der Waals surface area contributed by atoms with Crippen molar-refractivity contribution in [1.82, 2.24) is 10.2 Å². The van der Waals surface area contributed by atoms with Gasteiger partial charge in [-0.05, 0) is 20.3 Å². The summed E-state index contributed by atoms with van der Waals surface area (Å²) in [4.78, 5) is 2.54. The summed E-state index contributed by atoms with van der Waals surface area (Å²) in [5, 5.41) is 3.60. The summed E-state index contributed by atoms with van der Waals surface area (Å²) in [7, 11) is 0. The second-order valence-corrected chi connectivity index (χ2v) is 4.63. The van der Waals surface area contributed by atoms with Crippen LogP contribution in [-0.4, -0.2) is 36.6 Å². The third-order valence-electron chi connectivity index (χ3n) is 2.89. The lowest BCUT2D eigenvalue weighted by atomic mass is 10.1. The molecule has 0 aromatic carbocycles. The van der Waals surface area contributed by atoms with Crippen LogP contribution in [0.4, 0.5) is 0 Å². The molecule has 14 heavy (non-hydrogen) atoms. The van der Waals surface area contributed by atoms with E-state index < -0.39 is 0 Å². The summed E-state index contributed by atoms with van der Waals surface area (Å²) in [5.41, 5.74) is 1.27. The van der Waals surface area contributed by atoms with Crippen molar-refractivity contribution in [1.29, 1.82) is 0 Å². The van der Waals surface area contributed by atoms with Gasteiger partial charge in [0.25, 0.3) is 0 Å². The molecule has 0 radical (unpaired) electrons. The van der Waals surface area contributed by atoms with E-state index in [0.29, 0.717) is 12.1 Å². The van der Waals surface area contributed by atoms with Crippen LogP contribution in [0.3, 0.4) is 0 Å². The van der Waals surface area contributed by atoms with Crippen LogP contribution < -0.4 is 5.32 Å². The van der Waals surface area contributed by atoms with E-state index in [-0.39, 0.29) is 0 Å². The number of piperazine rings is 1. The summed E-state index contributed by atoms with van der Waals surface area (Å²) in [6, 6.07) is 1.34. The standard InChI is InChI=1S/C12H24N2/c1-5-6-12-9-14(8-10(2)3)11(4)7-13-12/h11-13H,2,5-9H2,1,3-4H3. The molecule has 1 N–H and O–H groups in total. The molecule has 0 saturated carbocycles.